The first-order chi connectivity index (χ1) is 28.6. The van der Waals surface area contributed by atoms with Gasteiger partial charge in [-0.3, -0.25) is 9.59 Å². The number of rotatable bonds is 44. The van der Waals surface area contributed by atoms with Gasteiger partial charge in [-0.25, -0.2) is 0 Å². The van der Waals surface area contributed by atoms with Crippen LogP contribution >= 0.6 is 0 Å². The monoisotopic (exact) mass is 809 g/mol. The summed E-state index contributed by atoms with van der Waals surface area (Å²) in [6, 6.07) is 0. The molecule has 5 heteroatoms. The molecule has 0 bridgehead atoms. The molecule has 0 N–H and O–H groups in total. The summed E-state index contributed by atoms with van der Waals surface area (Å²) in [5, 5.41) is 0. The lowest BCUT2D eigenvalue weighted by molar-refractivity contribution is -0.163. The summed E-state index contributed by atoms with van der Waals surface area (Å²) in [4.78, 5) is 25.3. The fourth-order valence-electron chi connectivity index (χ4n) is 6.60. The van der Waals surface area contributed by atoms with E-state index >= 15 is 0 Å². The van der Waals surface area contributed by atoms with Gasteiger partial charge in [-0.15, -0.1) is 0 Å². The van der Waals surface area contributed by atoms with Crippen LogP contribution in [0.5, 0.6) is 0 Å². The largest absolute Gasteiger partial charge is 0.462 e. The van der Waals surface area contributed by atoms with Crippen LogP contribution in [0.15, 0.2) is 72.9 Å². The maximum absolute atomic E-state index is 12.7. The second kappa shape index (κ2) is 48.7. The summed E-state index contributed by atoms with van der Waals surface area (Å²) in [5.74, 6) is -0.466. The fraction of sp³-hybridized carbons (Fsp3) is 0.736. The highest BCUT2D eigenvalue weighted by Gasteiger charge is 2.17. The molecule has 0 fully saturated rings. The second-order valence-corrected chi connectivity index (χ2v) is 16.0. The zero-order chi connectivity index (χ0) is 42.1. The van der Waals surface area contributed by atoms with E-state index in [1.54, 1.807) is 0 Å². The summed E-state index contributed by atoms with van der Waals surface area (Å²) in [7, 11) is 0. The average Bonchev–Trinajstić information content (AvgIpc) is 3.22. The molecule has 0 radical (unpaired) electrons. The van der Waals surface area contributed by atoms with Gasteiger partial charge in [0.15, 0.2) is 6.10 Å². The van der Waals surface area contributed by atoms with E-state index in [2.05, 4.69) is 93.7 Å². The smallest absolute Gasteiger partial charge is 0.306 e. The maximum Gasteiger partial charge on any atom is 0.306 e. The molecule has 0 amide bonds. The van der Waals surface area contributed by atoms with Crippen LogP contribution in [0.25, 0.3) is 0 Å². The molecule has 1 unspecified atom stereocenters. The molecule has 0 saturated heterocycles. The summed E-state index contributed by atoms with van der Waals surface area (Å²) in [5.41, 5.74) is 0. The van der Waals surface area contributed by atoms with Gasteiger partial charge in [0.05, 0.1) is 6.61 Å². The first-order valence-electron chi connectivity index (χ1n) is 24.5. The number of carbonyl (C=O) groups is 2. The molecular weight excluding hydrogens is 717 g/mol. The Balaban J connectivity index is 4.35. The predicted molar refractivity (Wildman–Crippen MR) is 251 cm³/mol. The molecule has 0 aliphatic rings. The molecule has 58 heavy (non-hydrogen) atoms. The number of hydrogen-bond donors (Lipinski definition) is 0. The molecule has 334 valence electrons. The predicted octanol–water partition coefficient (Wildman–Crippen LogP) is 16.3. The normalized spacial score (nSPS) is 12.8. The molecule has 0 saturated carbocycles. The lowest BCUT2D eigenvalue weighted by Gasteiger charge is -2.18. The Morgan fingerprint density at radius 3 is 1.33 bits per heavy atom. The number of esters is 2. The highest BCUT2D eigenvalue weighted by Crippen LogP contribution is 2.14. The van der Waals surface area contributed by atoms with Gasteiger partial charge in [-0.05, 0) is 83.5 Å². The van der Waals surface area contributed by atoms with E-state index < -0.39 is 6.10 Å². The van der Waals surface area contributed by atoms with Crippen molar-refractivity contribution in [2.24, 2.45) is 0 Å². The van der Waals surface area contributed by atoms with Crippen LogP contribution in [0.1, 0.15) is 226 Å². The van der Waals surface area contributed by atoms with E-state index in [1.807, 2.05) is 0 Å². The Bertz CT molecular complexity index is 1050. The average molecular weight is 809 g/mol. The lowest BCUT2D eigenvalue weighted by Crippen LogP contribution is -2.30. The molecule has 0 heterocycles. The third-order valence-electron chi connectivity index (χ3n) is 10.2. The Hall–Kier alpha value is -2.66. The van der Waals surface area contributed by atoms with Gasteiger partial charge in [0.25, 0.3) is 0 Å². The first kappa shape index (κ1) is 55.3. The van der Waals surface area contributed by atoms with Crippen LogP contribution < -0.4 is 0 Å². The quantitative estimate of drug-likeness (QED) is 0.0348. The molecule has 1 atom stereocenters. The van der Waals surface area contributed by atoms with E-state index in [-0.39, 0.29) is 25.2 Å². The molecule has 5 nitrogen and oxygen atoms in total. The van der Waals surface area contributed by atoms with Crippen molar-refractivity contribution < 1.29 is 23.8 Å². The maximum atomic E-state index is 12.7. The van der Waals surface area contributed by atoms with Crippen LogP contribution in [0, 0.1) is 0 Å². The Morgan fingerprint density at radius 2 is 0.793 bits per heavy atom. The van der Waals surface area contributed by atoms with Gasteiger partial charge in [-0.2, -0.15) is 0 Å². The van der Waals surface area contributed by atoms with E-state index in [1.165, 1.54) is 122 Å². The molecule has 0 spiro atoms. The summed E-state index contributed by atoms with van der Waals surface area (Å²) in [6.07, 6.45) is 61.9. The third-order valence-corrected chi connectivity index (χ3v) is 10.2. The van der Waals surface area contributed by atoms with Gasteiger partial charge in [0.2, 0.25) is 0 Å². The zero-order valence-corrected chi connectivity index (χ0v) is 38.3. The molecule has 0 rings (SSSR count). The van der Waals surface area contributed by atoms with Crippen LogP contribution in [0.3, 0.4) is 0 Å². The van der Waals surface area contributed by atoms with Crippen molar-refractivity contribution in [3.63, 3.8) is 0 Å². The number of hydrogen-bond acceptors (Lipinski definition) is 5. The van der Waals surface area contributed by atoms with E-state index in [9.17, 15) is 9.59 Å². The van der Waals surface area contributed by atoms with Crippen molar-refractivity contribution in [3.8, 4) is 0 Å². The molecule has 0 aromatic rings. The Morgan fingerprint density at radius 1 is 0.397 bits per heavy atom. The standard InChI is InChI=1S/C53H92O5/c1-4-7-10-13-16-19-22-24-26-27-28-29-32-34-37-40-43-46-52(54)57-50-51(58-53(55)47-44-41-38-35-31-21-18-15-12-9-6-3)49-56-48-45-42-39-36-33-30-25-23-20-17-14-11-8-5-2/h7,10,16,19-20,23-24,26,28-29,34,37,51H,4-6,8-9,11-15,17-18,21-22,25,27,30-33,35-36,38-50H2,1-3H3/b10-7-,19-16-,23-20-,26-24-,29-28-,37-34-. The van der Waals surface area contributed by atoms with Crippen LogP contribution in [-0.4, -0.2) is 37.9 Å². The summed E-state index contributed by atoms with van der Waals surface area (Å²) < 4.78 is 17.3. The van der Waals surface area contributed by atoms with Gasteiger partial charge in [0, 0.05) is 19.4 Å². The SMILES string of the molecule is CC/C=C\C/C=C\C/C=C\C/C=C\C/C=C\CCCC(=O)OCC(COCCCCCCCC/C=C\CCCCCC)OC(=O)CCCCCCCCCCCCC. The molecule has 0 aromatic carbocycles. The topological polar surface area (TPSA) is 61.8 Å². The lowest BCUT2D eigenvalue weighted by atomic mass is 10.1. The molecule has 0 aliphatic carbocycles. The number of ether oxygens (including phenoxy) is 3. The number of unbranched alkanes of at least 4 members (excludes halogenated alkanes) is 21. The fourth-order valence-corrected chi connectivity index (χ4v) is 6.60. The Labute approximate surface area is 359 Å². The van der Waals surface area contributed by atoms with E-state index in [0.29, 0.717) is 19.4 Å². The van der Waals surface area contributed by atoms with Gasteiger partial charge >= 0.3 is 11.9 Å². The van der Waals surface area contributed by atoms with Crippen molar-refractivity contribution in [3.05, 3.63) is 72.9 Å². The summed E-state index contributed by atoms with van der Waals surface area (Å²) in [6.45, 7) is 7.63. The van der Waals surface area contributed by atoms with Crippen molar-refractivity contribution in [2.75, 3.05) is 19.8 Å². The van der Waals surface area contributed by atoms with Gasteiger partial charge in [-0.1, -0.05) is 203 Å². The van der Waals surface area contributed by atoms with E-state index in [4.69, 9.17) is 14.2 Å². The highest BCUT2D eigenvalue weighted by molar-refractivity contribution is 5.70. The highest BCUT2D eigenvalue weighted by atomic mass is 16.6. The molecular formula is C53H92O5. The number of allylic oxidation sites excluding steroid dienone is 12. The van der Waals surface area contributed by atoms with Crippen molar-refractivity contribution in [1.82, 2.24) is 0 Å². The zero-order valence-electron chi connectivity index (χ0n) is 38.3. The first-order valence-corrected chi connectivity index (χ1v) is 24.5. The summed E-state index contributed by atoms with van der Waals surface area (Å²) >= 11 is 0. The van der Waals surface area contributed by atoms with Crippen LogP contribution in [-0.2, 0) is 23.8 Å². The second-order valence-electron chi connectivity index (χ2n) is 16.0. The Kier molecular flexibility index (Phi) is 46.5. The number of carbonyl (C=O) groups excluding carboxylic acids is 2. The minimum atomic E-state index is -0.560. The van der Waals surface area contributed by atoms with Crippen LogP contribution in [0.2, 0.25) is 0 Å². The van der Waals surface area contributed by atoms with Gasteiger partial charge in [0.1, 0.15) is 6.61 Å². The van der Waals surface area contributed by atoms with Gasteiger partial charge < -0.3 is 14.2 Å². The van der Waals surface area contributed by atoms with Crippen molar-refractivity contribution >= 4 is 11.9 Å². The van der Waals surface area contributed by atoms with Crippen molar-refractivity contribution in [2.45, 2.75) is 232 Å². The van der Waals surface area contributed by atoms with Crippen molar-refractivity contribution in [1.29, 1.82) is 0 Å². The molecule has 0 aliphatic heterocycles. The minimum absolute atomic E-state index is 0.0533. The third kappa shape index (κ3) is 46.0. The van der Waals surface area contributed by atoms with Crippen LogP contribution in [0.4, 0.5) is 0 Å². The van der Waals surface area contributed by atoms with E-state index in [0.717, 1.165) is 70.6 Å². The molecule has 0 aromatic heterocycles. The minimum Gasteiger partial charge on any atom is -0.462 e.